The van der Waals surface area contributed by atoms with Crippen LogP contribution in [0.4, 0.5) is 0 Å². The van der Waals surface area contributed by atoms with Crippen molar-refractivity contribution < 1.29 is 0 Å². The predicted molar refractivity (Wildman–Crippen MR) is 90.5 cm³/mol. The zero-order valence-electron chi connectivity index (χ0n) is 14.1. The Hall–Kier alpha value is -1.35. The molecular weight excluding hydrogens is 270 g/mol. The van der Waals surface area contributed by atoms with Gasteiger partial charge in [0, 0.05) is 13.1 Å². The molecule has 2 aromatic rings. The van der Waals surface area contributed by atoms with Crippen LogP contribution in [0.3, 0.4) is 0 Å². The van der Waals surface area contributed by atoms with Crippen molar-refractivity contribution in [3.8, 4) is 0 Å². The third-order valence-corrected chi connectivity index (χ3v) is 6.76. The van der Waals surface area contributed by atoms with Crippen LogP contribution in [0.25, 0.3) is 11.0 Å². The lowest BCUT2D eigenvalue weighted by Crippen LogP contribution is -2.59. The SMILES string of the molecule is C[C@@H]1[C@H]2C[C@@H](C[C@H]1NCc1nc3ccccc3n1C)C2(C)C. The van der Waals surface area contributed by atoms with Crippen molar-refractivity contribution in [2.24, 2.45) is 30.2 Å². The highest BCUT2D eigenvalue weighted by atomic mass is 15.1. The minimum atomic E-state index is 0.565. The Kier molecular flexibility index (Phi) is 3.12. The summed E-state index contributed by atoms with van der Waals surface area (Å²) >= 11 is 0. The lowest BCUT2D eigenvalue weighted by atomic mass is 9.45. The quantitative estimate of drug-likeness (QED) is 0.935. The van der Waals surface area contributed by atoms with Crippen LogP contribution in [0.1, 0.15) is 39.4 Å². The minimum Gasteiger partial charge on any atom is -0.330 e. The first-order chi connectivity index (χ1) is 10.5. The molecular formula is C19H27N3. The molecule has 0 unspecified atom stereocenters. The average molecular weight is 297 g/mol. The third-order valence-electron chi connectivity index (χ3n) is 6.76. The van der Waals surface area contributed by atoms with Gasteiger partial charge in [-0.1, -0.05) is 32.9 Å². The molecule has 5 rings (SSSR count). The summed E-state index contributed by atoms with van der Waals surface area (Å²) in [6.45, 7) is 8.24. The highest BCUT2D eigenvalue weighted by Crippen LogP contribution is 2.61. The van der Waals surface area contributed by atoms with Gasteiger partial charge in [0.05, 0.1) is 17.6 Å². The average Bonchev–Trinajstić information content (AvgIpc) is 2.82. The molecule has 0 radical (unpaired) electrons. The Bertz CT molecular complexity index is 700. The van der Waals surface area contributed by atoms with Crippen molar-refractivity contribution in [1.82, 2.24) is 14.9 Å². The number of imidazole rings is 1. The maximum atomic E-state index is 4.78. The minimum absolute atomic E-state index is 0.565. The first-order valence-corrected chi connectivity index (χ1v) is 8.62. The van der Waals surface area contributed by atoms with Gasteiger partial charge in [-0.2, -0.15) is 0 Å². The van der Waals surface area contributed by atoms with Gasteiger partial charge in [0.25, 0.3) is 0 Å². The summed E-state index contributed by atoms with van der Waals surface area (Å²) in [5.74, 6) is 3.72. The summed E-state index contributed by atoms with van der Waals surface area (Å²) in [6, 6.07) is 9.04. The van der Waals surface area contributed by atoms with Gasteiger partial charge in [-0.3, -0.25) is 0 Å². The number of nitrogens with one attached hydrogen (secondary N) is 1. The lowest BCUT2D eigenvalue weighted by molar-refractivity contribution is -0.115. The van der Waals surface area contributed by atoms with Crippen molar-refractivity contribution in [2.75, 3.05) is 0 Å². The van der Waals surface area contributed by atoms with E-state index in [4.69, 9.17) is 4.98 Å². The van der Waals surface area contributed by atoms with Crippen LogP contribution in [-0.4, -0.2) is 15.6 Å². The summed E-state index contributed by atoms with van der Waals surface area (Å²) < 4.78 is 2.22. The molecule has 2 bridgehead atoms. The van der Waals surface area contributed by atoms with Crippen LogP contribution in [0.2, 0.25) is 0 Å². The fourth-order valence-electron chi connectivity index (χ4n) is 5.00. The molecule has 3 heteroatoms. The Morgan fingerprint density at radius 2 is 2.05 bits per heavy atom. The summed E-state index contributed by atoms with van der Waals surface area (Å²) in [7, 11) is 2.12. The zero-order chi connectivity index (χ0) is 15.5. The molecule has 22 heavy (non-hydrogen) atoms. The van der Waals surface area contributed by atoms with Gasteiger partial charge in [0.15, 0.2) is 0 Å². The largest absolute Gasteiger partial charge is 0.330 e. The smallest absolute Gasteiger partial charge is 0.123 e. The highest BCUT2D eigenvalue weighted by molar-refractivity contribution is 5.75. The summed E-state index contributed by atoms with van der Waals surface area (Å²) in [4.78, 5) is 4.78. The first-order valence-electron chi connectivity index (χ1n) is 8.62. The van der Waals surface area contributed by atoms with Crippen LogP contribution >= 0.6 is 0 Å². The molecule has 1 heterocycles. The molecule has 1 N–H and O–H groups in total. The lowest BCUT2D eigenvalue weighted by Gasteiger charge is -2.62. The number of rotatable bonds is 3. The molecule has 3 fully saturated rings. The standard InChI is InChI=1S/C19H27N3/c1-12-14-9-13(19(14,2)3)10-16(12)20-11-18-21-15-7-5-6-8-17(15)22(18)4/h5-8,12-14,16,20H,9-11H2,1-4H3/t12-,13+,14-,16-/m1/s1. The molecule has 1 aromatic heterocycles. The van der Waals surface area contributed by atoms with Gasteiger partial charge in [-0.05, 0) is 48.1 Å². The molecule has 118 valence electrons. The second-order valence-electron chi connectivity index (χ2n) is 8.02. The van der Waals surface area contributed by atoms with Crippen LogP contribution in [0.15, 0.2) is 24.3 Å². The second kappa shape index (κ2) is 4.82. The fraction of sp³-hybridized carbons (Fsp3) is 0.632. The fourth-order valence-corrected chi connectivity index (χ4v) is 5.00. The number of fused-ring (bicyclic) bond motifs is 3. The van der Waals surface area contributed by atoms with E-state index in [1.165, 1.54) is 18.4 Å². The van der Waals surface area contributed by atoms with Gasteiger partial charge in [0.1, 0.15) is 5.82 Å². The molecule has 1 aromatic carbocycles. The first kappa shape index (κ1) is 14.3. The summed E-state index contributed by atoms with van der Waals surface area (Å²) in [5, 5.41) is 3.80. The van der Waals surface area contributed by atoms with Crippen molar-refractivity contribution in [3.05, 3.63) is 30.1 Å². The molecule has 0 amide bonds. The molecule has 3 nitrogen and oxygen atoms in total. The summed E-state index contributed by atoms with van der Waals surface area (Å²) in [5.41, 5.74) is 2.89. The predicted octanol–water partition coefficient (Wildman–Crippen LogP) is 3.73. The van der Waals surface area contributed by atoms with E-state index in [-0.39, 0.29) is 0 Å². The van der Waals surface area contributed by atoms with E-state index in [0.717, 1.165) is 35.6 Å². The number of hydrogen-bond acceptors (Lipinski definition) is 2. The number of aromatic nitrogens is 2. The number of para-hydroxylation sites is 2. The number of benzene rings is 1. The molecule has 3 saturated carbocycles. The van der Waals surface area contributed by atoms with Crippen molar-refractivity contribution >= 4 is 11.0 Å². The van der Waals surface area contributed by atoms with Gasteiger partial charge >= 0.3 is 0 Å². The van der Waals surface area contributed by atoms with Crippen LogP contribution in [0, 0.1) is 23.2 Å². The molecule has 0 aliphatic heterocycles. The molecule has 0 saturated heterocycles. The summed E-state index contributed by atoms with van der Waals surface area (Å²) in [6.07, 6.45) is 2.77. The van der Waals surface area contributed by atoms with E-state index in [9.17, 15) is 0 Å². The van der Waals surface area contributed by atoms with E-state index in [1.54, 1.807) is 0 Å². The zero-order valence-corrected chi connectivity index (χ0v) is 14.1. The topological polar surface area (TPSA) is 29.9 Å². The van der Waals surface area contributed by atoms with Crippen molar-refractivity contribution in [1.29, 1.82) is 0 Å². The molecule has 4 atom stereocenters. The maximum Gasteiger partial charge on any atom is 0.123 e. The Balaban J connectivity index is 1.48. The van der Waals surface area contributed by atoms with Crippen LogP contribution < -0.4 is 5.32 Å². The monoisotopic (exact) mass is 297 g/mol. The highest BCUT2D eigenvalue weighted by Gasteiger charge is 2.55. The van der Waals surface area contributed by atoms with E-state index in [0.29, 0.717) is 11.5 Å². The van der Waals surface area contributed by atoms with E-state index >= 15 is 0 Å². The number of aryl methyl sites for hydroxylation is 1. The third kappa shape index (κ3) is 1.95. The molecule has 3 aliphatic carbocycles. The second-order valence-corrected chi connectivity index (χ2v) is 8.02. The van der Waals surface area contributed by atoms with Crippen LogP contribution in [0.5, 0.6) is 0 Å². The number of hydrogen-bond donors (Lipinski definition) is 1. The van der Waals surface area contributed by atoms with Gasteiger partial charge in [-0.15, -0.1) is 0 Å². The Morgan fingerprint density at radius 1 is 1.27 bits per heavy atom. The van der Waals surface area contributed by atoms with Gasteiger partial charge in [-0.25, -0.2) is 4.98 Å². The van der Waals surface area contributed by atoms with Gasteiger partial charge < -0.3 is 9.88 Å². The van der Waals surface area contributed by atoms with E-state index in [2.05, 4.69) is 62.0 Å². The molecule has 0 spiro atoms. The van der Waals surface area contributed by atoms with Crippen molar-refractivity contribution in [2.45, 2.75) is 46.2 Å². The van der Waals surface area contributed by atoms with Crippen LogP contribution in [-0.2, 0) is 13.6 Å². The van der Waals surface area contributed by atoms with E-state index in [1.807, 2.05) is 0 Å². The van der Waals surface area contributed by atoms with Crippen molar-refractivity contribution in [3.63, 3.8) is 0 Å². The maximum absolute atomic E-state index is 4.78. The normalized spacial score (nSPS) is 32.9. The van der Waals surface area contributed by atoms with E-state index < -0.39 is 0 Å². The Labute approximate surface area is 133 Å². The van der Waals surface area contributed by atoms with Gasteiger partial charge in [0.2, 0.25) is 0 Å². The Morgan fingerprint density at radius 3 is 2.73 bits per heavy atom. The number of nitrogens with zero attached hydrogens (tertiary/aromatic N) is 2. The molecule has 3 aliphatic rings.